The normalized spacial score (nSPS) is 9.17. The van der Waals surface area contributed by atoms with Crippen molar-refractivity contribution in [3.05, 3.63) is 30.3 Å². The van der Waals surface area contributed by atoms with Crippen molar-refractivity contribution in [3.63, 3.8) is 0 Å². The minimum Gasteiger partial charge on any atom is -0.441 e. The lowest BCUT2D eigenvalue weighted by Crippen LogP contribution is -1.75. The molecule has 0 fully saturated rings. The smallest absolute Gasteiger partial charge is 0.191 e. The van der Waals surface area contributed by atoms with E-state index >= 15 is 0 Å². The fourth-order valence-corrected chi connectivity index (χ4v) is 1.00. The summed E-state index contributed by atoms with van der Waals surface area (Å²) in [6.07, 6.45) is 0. The maximum Gasteiger partial charge on any atom is 0.191 e. The van der Waals surface area contributed by atoms with Gasteiger partial charge in [-0.05, 0) is 6.07 Å². The van der Waals surface area contributed by atoms with Gasteiger partial charge < -0.3 is 10.2 Å². The number of rotatable bonds is 0. The predicted molar refractivity (Wildman–Crippen MR) is 52.0 cm³/mol. The van der Waals surface area contributed by atoms with Crippen molar-refractivity contribution < 1.29 is 4.42 Å². The second-order valence-electron chi connectivity index (χ2n) is 2.19. The molecule has 2 aromatic rings. The van der Waals surface area contributed by atoms with Crippen molar-refractivity contribution in [1.82, 2.24) is 0 Å². The van der Waals surface area contributed by atoms with E-state index in [0.717, 1.165) is 11.0 Å². The van der Waals surface area contributed by atoms with Gasteiger partial charge in [0.15, 0.2) is 5.88 Å². The molecule has 2 heteroatoms. The summed E-state index contributed by atoms with van der Waals surface area (Å²) in [5.74, 6) is 0.473. The Hall–Kier alpha value is -1.44. The summed E-state index contributed by atoms with van der Waals surface area (Å²) in [6, 6.07) is 9.55. The molecule has 0 aliphatic heterocycles. The van der Waals surface area contributed by atoms with Crippen molar-refractivity contribution in [3.8, 4) is 0 Å². The zero-order valence-corrected chi connectivity index (χ0v) is 7.37. The molecule has 2 nitrogen and oxygen atoms in total. The molecule has 1 aromatic carbocycles. The molecule has 0 spiro atoms. The number of furan rings is 1. The molecule has 0 aliphatic carbocycles. The second-order valence-corrected chi connectivity index (χ2v) is 2.19. The lowest BCUT2D eigenvalue weighted by Gasteiger charge is -1.81. The van der Waals surface area contributed by atoms with Gasteiger partial charge in [-0.15, -0.1) is 0 Å². The van der Waals surface area contributed by atoms with Crippen LogP contribution in [0.1, 0.15) is 13.8 Å². The third kappa shape index (κ3) is 1.59. The van der Waals surface area contributed by atoms with Gasteiger partial charge >= 0.3 is 0 Å². The lowest BCUT2D eigenvalue weighted by atomic mass is 10.3. The molecule has 2 rings (SSSR count). The second kappa shape index (κ2) is 3.81. The van der Waals surface area contributed by atoms with Crippen LogP contribution in [0.15, 0.2) is 34.7 Å². The van der Waals surface area contributed by atoms with E-state index in [0.29, 0.717) is 5.88 Å². The highest BCUT2D eigenvalue weighted by Crippen LogP contribution is 2.19. The van der Waals surface area contributed by atoms with E-state index < -0.39 is 0 Å². The Morgan fingerprint density at radius 2 is 1.83 bits per heavy atom. The maximum absolute atomic E-state index is 5.42. The summed E-state index contributed by atoms with van der Waals surface area (Å²) in [6.45, 7) is 4.00. The predicted octanol–water partition coefficient (Wildman–Crippen LogP) is 3.04. The molecular formula is C10H13NO. The minimum atomic E-state index is 0.473. The SMILES string of the molecule is CC.Nc1cc2ccccc2o1. The average molecular weight is 163 g/mol. The first-order valence-corrected chi connectivity index (χ1v) is 4.10. The van der Waals surface area contributed by atoms with Crippen LogP contribution in [0, 0.1) is 0 Å². The number of benzene rings is 1. The number of para-hydroxylation sites is 1. The fraction of sp³-hybridized carbons (Fsp3) is 0.200. The van der Waals surface area contributed by atoms with Gasteiger partial charge in [-0.2, -0.15) is 0 Å². The van der Waals surface area contributed by atoms with Crippen LogP contribution in [0.25, 0.3) is 11.0 Å². The monoisotopic (exact) mass is 163 g/mol. The molecule has 12 heavy (non-hydrogen) atoms. The molecule has 0 aliphatic rings. The number of nitrogen functional groups attached to an aromatic ring is 1. The molecule has 0 radical (unpaired) electrons. The first-order chi connectivity index (χ1) is 5.86. The fourth-order valence-electron chi connectivity index (χ4n) is 1.00. The van der Waals surface area contributed by atoms with Gasteiger partial charge in [0.05, 0.1) is 0 Å². The molecule has 2 N–H and O–H groups in total. The van der Waals surface area contributed by atoms with Crippen LogP contribution in [0.3, 0.4) is 0 Å². The van der Waals surface area contributed by atoms with Crippen molar-refractivity contribution in [2.75, 3.05) is 5.73 Å². The summed E-state index contributed by atoms with van der Waals surface area (Å²) in [5, 5.41) is 1.06. The molecule has 0 amide bonds. The summed E-state index contributed by atoms with van der Waals surface area (Å²) < 4.78 is 5.15. The number of hydrogen-bond donors (Lipinski definition) is 1. The third-order valence-electron chi connectivity index (χ3n) is 1.44. The van der Waals surface area contributed by atoms with Crippen molar-refractivity contribution in [2.45, 2.75) is 13.8 Å². The van der Waals surface area contributed by atoms with E-state index in [2.05, 4.69) is 0 Å². The largest absolute Gasteiger partial charge is 0.441 e. The van der Waals surface area contributed by atoms with Gasteiger partial charge in [0, 0.05) is 11.5 Å². The molecule has 0 saturated heterocycles. The first-order valence-electron chi connectivity index (χ1n) is 4.10. The van der Waals surface area contributed by atoms with Crippen LogP contribution in [-0.2, 0) is 0 Å². The topological polar surface area (TPSA) is 39.2 Å². The van der Waals surface area contributed by atoms with Crippen LogP contribution in [0.2, 0.25) is 0 Å². The van der Waals surface area contributed by atoms with E-state index in [4.69, 9.17) is 10.2 Å². The Balaban J connectivity index is 0.000000336. The summed E-state index contributed by atoms with van der Waals surface area (Å²) >= 11 is 0. The Morgan fingerprint density at radius 3 is 2.50 bits per heavy atom. The molecule has 64 valence electrons. The molecule has 0 atom stereocenters. The van der Waals surface area contributed by atoms with E-state index in [1.54, 1.807) is 0 Å². The highest BCUT2D eigenvalue weighted by atomic mass is 16.3. The molecule has 1 aromatic heterocycles. The third-order valence-corrected chi connectivity index (χ3v) is 1.44. The quantitative estimate of drug-likeness (QED) is 0.648. The Morgan fingerprint density at radius 1 is 1.17 bits per heavy atom. The number of nitrogens with two attached hydrogens (primary N) is 1. The van der Waals surface area contributed by atoms with Gasteiger partial charge in [0.2, 0.25) is 0 Å². The minimum absolute atomic E-state index is 0.473. The summed E-state index contributed by atoms with van der Waals surface area (Å²) in [5.41, 5.74) is 6.27. The van der Waals surface area contributed by atoms with Crippen LogP contribution in [-0.4, -0.2) is 0 Å². The first kappa shape index (κ1) is 8.65. The number of anilines is 1. The van der Waals surface area contributed by atoms with E-state index in [1.807, 2.05) is 44.2 Å². The molecule has 0 saturated carbocycles. The Kier molecular flexibility index (Phi) is 2.75. The van der Waals surface area contributed by atoms with Crippen molar-refractivity contribution >= 4 is 16.9 Å². The molecule has 0 bridgehead atoms. The standard InChI is InChI=1S/C8H7NO.C2H6/c9-8-5-6-3-1-2-4-7(6)10-8;1-2/h1-5H,9H2;1-2H3. The highest BCUT2D eigenvalue weighted by molar-refractivity contribution is 5.80. The van der Waals surface area contributed by atoms with Crippen LogP contribution >= 0.6 is 0 Å². The zero-order chi connectivity index (χ0) is 8.97. The van der Waals surface area contributed by atoms with Gasteiger partial charge in [-0.3, -0.25) is 0 Å². The van der Waals surface area contributed by atoms with Gasteiger partial charge in [0.1, 0.15) is 5.58 Å². The van der Waals surface area contributed by atoms with Crippen LogP contribution in [0.5, 0.6) is 0 Å². The summed E-state index contributed by atoms with van der Waals surface area (Å²) in [7, 11) is 0. The van der Waals surface area contributed by atoms with Gasteiger partial charge in [-0.1, -0.05) is 32.0 Å². The zero-order valence-electron chi connectivity index (χ0n) is 7.37. The number of fused-ring (bicyclic) bond motifs is 1. The number of hydrogen-bond acceptors (Lipinski definition) is 2. The summed E-state index contributed by atoms with van der Waals surface area (Å²) in [4.78, 5) is 0. The van der Waals surface area contributed by atoms with Crippen LogP contribution in [0.4, 0.5) is 5.88 Å². The van der Waals surface area contributed by atoms with E-state index in [1.165, 1.54) is 0 Å². The maximum atomic E-state index is 5.42. The lowest BCUT2D eigenvalue weighted by molar-refractivity contribution is 0.637. The highest BCUT2D eigenvalue weighted by Gasteiger charge is 1.96. The van der Waals surface area contributed by atoms with E-state index in [9.17, 15) is 0 Å². The van der Waals surface area contributed by atoms with Crippen LogP contribution < -0.4 is 5.73 Å². The van der Waals surface area contributed by atoms with Gasteiger partial charge in [0.25, 0.3) is 0 Å². The molecule has 1 heterocycles. The molecule has 0 unspecified atom stereocenters. The average Bonchev–Trinajstić information content (AvgIpc) is 2.48. The Bertz CT molecular complexity index is 318. The Labute approximate surface area is 72.0 Å². The van der Waals surface area contributed by atoms with Crippen molar-refractivity contribution in [2.24, 2.45) is 0 Å². The van der Waals surface area contributed by atoms with Crippen molar-refractivity contribution in [1.29, 1.82) is 0 Å². The van der Waals surface area contributed by atoms with E-state index in [-0.39, 0.29) is 0 Å². The van der Waals surface area contributed by atoms with Gasteiger partial charge in [-0.25, -0.2) is 0 Å². The molecular weight excluding hydrogens is 150 g/mol.